The van der Waals surface area contributed by atoms with Crippen LogP contribution in [-0.4, -0.2) is 12.0 Å². The van der Waals surface area contributed by atoms with Gasteiger partial charge in [-0.15, -0.1) is 0 Å². The monoisotopic (exact) mass is 317 g/mol. The zero-order chi connectivity index (χ0) is 16.8. The number of aliphatic imine (C=N–C) groups is 1. The second-order valence-electron chi connectivity index (χ2n) is 5.37. The Labute approximate surface area is 140 Å². The molecule has 3 aromatic carbocycles. The minimum Gasteiger partial charge on any atom is -0.288 e. The molecule has 0 radical (unpaired) electrons. The van der Waals surface area contributed by atoms with Gasteiger partial charge in [0, 0.05) is 5.56 Å². The smallest absolute Gasteiger partial charge is 0.203 e. The molecule has 0 unspecified atom stereocenters. The molecule has 0 saturated carbocycles. The molecule has 0 fully saturated rings. The Morgan fingerprint density at radius 3 is 1.79 bits per heavy atom. The molecule has 3 rings (SSSR count). The van der Waals surface area contributed by atoms with Gasteiger partial charge in [-0.3, -0.25) is 9.79 Å². The van der Waals surface area contributed by atoms with Crippen LogP contribution < -0.4 is 0 Å². The number of hydrogen-bond donors (Lipinski definition) is 0. The molecular formula is C21H16FNO. The maximum absolute atomic E-state index is 13.0. The second-order valence-corrected chi connectivity index (χ2v) is 5.37. The standard InChI is InChI=1S/C21H16FNO/c22-19-13-11-16(12-14-19)20(24)15-23-21(17-7-3-1-4-8-17)18-9-5-2-6-10-18/h1-15,21H. The fourth-order valence-corrected chi connectivity index (χ4v) is 2.47. The van der Waals surface area contributed by atoms with Crippen molar-refractivity contribution in [3.8, 4) is 0 Å². The first-order valence-corrected chi connectivity index (χ1v) is 7.67. The summed E-state index contributed by atoms with van der Waals surface area (Å²) < 4.78 is 13.0. The molecule has 0 saturated heterocycles. The first kappa shape index (κ1) is 15.8. The van der Waals surface area contributed by atoms with Crippen molar-refractivity contribution < 1.29 is 9.18 Å². The van der Waals surface area contributed by atoms with Crippen molar-refractivity contribution in [1.82, 2.24) is 0 Å². The van der Waals surface area contributed by atoms with E-state index in [1.807, 2.05) is 60.7 Å². The van der Waals surface area contributed by atoms with Crippen molar-refractivity contribution in [2.75, 3.05) is 0 Å². The molecule has 0 bridgehead atoms. The van der Waals surface area contributed by atoms with Crippen molar-refractivity contribution in [1.29, 1.82) is 0 Å². The lowest BCUT2D eigenvalue weighted by molar-refractivity contribution is 0.107. The van der Waals surface area contributed by atoms with E-state index < -0.39 is 0 Å². The van der Waals surface area contributed by atoms with Gasteiger partial charge in [0.25, 0.3) is 0 Å². The maximum atomic E-state index is 13.0. The molecule has 24 heavy (non-hydrogen) atoms. The van der Waals surface area contributed by atoms with Crippen LogP contribution in [0.25, 0.3) is 0 Å². The largest absolute Gasteiger partial charge is 0.288 e. The van der Waals surface area contributed by atoms with Crippen LogP contribution >= 0.6 is 0 Å². The first-order valence-electron chi connectivity index (χ1n) is 7.67. The molecule has 0 amide bonds. The minimum atomic E-state index is -0.366. The normalized spacial score (nSPS) is 11.1. The highest BCUT2D eigenvalue weighted by atomic mass is 19.1. The van der Waals surface area contributed by atoms with Gasteiger partial charge in [-0.1, -0.05) is 60.7 Å². The molecule has 0 heterocycles. The molecule has 0 atom stereocenters. The SMILES string of the molecule is O=C(C=NC(c1ccccc1)c1ccccc1)c1ccc(F)cc1. The fourth-order valence-electron chi connectivity index (χ4n) is 2.47. The quantitative estimate of drug-likeness (QED) is 0.487. The molecule has 0 aliphatic rings. The number of Topliss-reactive ketones (excluding diaryl/α,β-unsaturated/α-hetero) is 1. The van der Waals surface area contributed by atoms with Crippen molar-refractivity contribution in [2.24, 2.45) is 4.99 Å². The number of carbonyl (C=O) groups excluding carboxylic acids is 1. The first-order chi connectivity index (χ1) is 11.7. The molecule has 0 aliphatic heterocycles. The summed E-state index contributed by atoms with van der Waals surface area (Å²) in [7, 11) is 0. The molecule has 0 aromatic heterocycles. The summed E-state index contributed by atoms with van der Waals surface area (Å²) in [6, 6.07) is 24.8. The van der Waals surface area contributed by atoms with Gasteiger partial charge in [-0.25, -0.2) is 4.39 Å². The molecular weight excluding hydrogens is 301 g/mol. The summed E-state index contributed by atoms with van der Waals surface area (Å²) in [5.74, 6) is -0.609. The van der Waals surface area contributed by atoms with Crippen LogP contribution in [0.15, 0.2) is 89.9 Å². The Bertz CT molecular complexity index is 787. The summed E-state index contributed by atoms with van der Waals surface area (Å²) >= 11 is 0. The Kier molecular flexibility index (Phi) is 4.92. The predicted octanol–water partition coefficient (Wildman–Crippen LogP) is 4.87. The van der Waals surface area contributed by atoms with Gasteiger partial charge < -0.3 is 0 Å². The lowest BCUT2D eigenvalue weighted by atomic mass is 9.99. The highest BCUT2D eigenvalue weighted by Gasteiger charge is 2.12. The topological polar surface area (TPSA) is 29.4 Å². The van der Waals surface area contributed by atoms with Crippen LogP contribution in [-0.2, 0) is 0 Å². The van der Waals surface area contributed by atoms with Crippen molar-refractivity contribution >= 4 is 12.0 Å². The second kappa shape index (κ2) is 7.47. The number of nitrogens with zero attached hydrogens (tertiary/aromatic N) is 1. The summed E-state index contributed by atoms with van der Waals surface area (Å²) in [4.78, 5) is 16.7. The fraction of sp³-hybridized carbons (Fsp3) is 0.0476. The van der Waals surface area contributed by atoms with Crippen LogP contribution in [0, 0.1) is 5.82 Å². The van der Waals surface area contributed by atoms with E-state index in [1.54, 1.807) is 0 Å². The number of halogens is 1. The maximum Gasteiger partial charge on any atom is 0.203 e. The average molecular weight is 317 g/mol. The van der Waals surface area contributed by atoms with Crippen molar-refractivity contribution in [2.45, 2.75) is 6.04 Å². The Morgan fingerprint density at radius 2 is 1.29 bits per heavy atom. The highest BCUT2D eigenvalue weighted by molar-refractivity contribution is 6.35. The third kappa shape index (κ3) is 3.82. The molecule has 2 nitrogen and oxygen atoms in total. The zero-order valence-corrected chi connectivity index (χ0v) is 13.0. The van der Waals surface area contributed by atoms with E-state index in [0.717, 1.165) is 11.1 Å². The average Bonchev–Trinajstić information content (AvgIpc) is 2.64. The lowest BCUT2D eigenvalue weighted by Crippen LogP contribution is -2.04. The number of rotatable bonds is 5. The lowest BCUT2D eigenvalue weighted by Gasteiger charge is -2.13. The van der Waals surface area contributed by atoms with E-state index in [0.29, 0.717) is 5.56 Å². The third-order valence-corrected chi connectivity index (χ3v) is 3.70. The van der Waals surface area contributed by atoms with E-state index in [9.17, 15) is 9.18 Å². The Hall–Kier alpha value is -3.07. The van der Waals surface area contributed by atoms with Gasteiger partial charge in [-0.05, 0) is 35.4 Å². The molecule has 0 aliphatic carbocycles. The summed E-state index contributed by atoms with van der Waals surface area (Å²) in [6.45, 7) is 0. The van der Waals surface area contributed by atoms with Crippen LogP contribution in [0.3, 0.4) is 0 Å². The number of ketones is 1. The van der Waals surface area contributed by atoms with E-state index >= 15 is 0 Å². The van der Waals surface area contributed by atoms with E-state index in [1.165, 1.54) is 30.5 Å². The summed E-state index contributed by atoms with van der Waals surface area (Å²) in [6.07, 6.45) is 1.32. The van der Waals surface area contributed by atoms with Crippen LogP contribution in [0.4, 0.5) is 4.39 Å². The Morgan fingerprint density at radius 1 is 0.792 bits per heavy atom. The van der Waals surface area contributed by atoms with E-state index in [2.05, 4.69) is 4.99 Å². The summed E-state index contributed by atoms with van der Waals surface area (Å²) in [5.41, 5.74) is 2.43. The number of hydrogen-bond acceptors (Lipinski definition) is 2. The van der Waals surface area contributed by atoms with Gasteiger partial charge in [0.1, 0.15) is 11.9 Å². The zero-order valence-electron chi connectivity index (χ0n) is 13.0. The van der Waals surface area contributed by atoms with E-state index in [4.69, 9.17) is 0 Å². The van der Waals surface area contributed by atoms with Crippen LogP contribution in [0.1, 0.15) is 27.5 Å². The Balaban J connectivity index is 1.89. The minimum absolute atomic E-state index is 0.244. The van der Waals surface area contributed by atoms with Gasteiger partial charge in [0.2, 0.25) is 5.78 Å². The molecule has 3 aromatic rings. The highest BCUT2D eigenvalue weighted by Crippen LogP contribution is 2.25. The molecule has 3 heteroatoms. The molecule has 0 spiro atoms. The van der Waals surface area contributed by atoms with Crippen molar-refractivity contribution in [3.63, 3.8) is 0 Å². The van der Waals surface area contributed by atoms with Gasteiger partial charge in [0.05, 0.1) is 6.21 Å². The van der Waals surface area contributed by atoms with Crippen molar-refractivity contribution in [3.05, 3.63) is 107 Å². The van der Waals surface area contributed by atoms with Crippen LogP contribution in [0.2, 0.25) is 0 Å². The predicted molar refractivity (Wildman–Crippen MR) is 93.9 cm³/mol. The summed E-state index contributed by atoms with van der Waals surface area (Å²) in [5, 5.41) is 0. The van der Waals surface area contributed by atoms with E-state index in [-0.39, 0.29) is 17.6 Å². The van der Waals surface area contributed by atoms with Gasteiger partial charge >= 0.3 is 0 Å². The number of carbonyl (C=O) groups is 1. The number of benzene rings is 3. The third-order valence-electron chi connectivity index (χ3n) is 3.70. The van der Waals surface area contributed by atoms with Gasteiger partial charge in [0.15, 0.2) is 0 Å². The van der Waals surface area contributed by atoms with Gasteiger partial charge in [-0.2, -0.15) is 0 Å². The van der Waals surface area contributed by atoms with Crippen LogP contribution in [0.5, 0.6) is 0 Å². The molecule has 0 N–H and O–H groups in total. The molecule has 118 valence electrons.